The van der Waals surface area contributed by atoms with Gasteiger partial charge in [0.25, 0.3) is 0 Å². The van der Waals surface area contributed by atoms with Gasteiger partial charge < -0.3 is 9.64 Å². The van der Waals surface area contributed by atoms with Gasteiger partial charge in [0, 0.05) is 18.7 Å². The Hall–Kier alpha value is -1.32. The quantitative estimate of drug-likeness (QED) is 0.525. The molecule has 0 aliphatic heterocycles. The summed E-state index contributed by atoms with van der Waals surface area (Å²) in [5.74, 6) is -0.222. The molecule has 0 spiro atoms. The van der Waals surface area contributed by atoms with Crippen molar-refractivity contribution in [1.82, 2.24) is 4.90 Å². The van der Waals surface area contributed by atoms with Crippen LogP contribution < -0.4 is 0 Å². The van der Waals surface area contributed by atoms with E-state index in [-0.39, 0.29) is 18.3 Å². The molecule has 0 aromatic carbocycles. The molecule has 1 aliphatic carbocycles. The Morgan fingerprint density at radius 1 is 1.35 bits per heavy atom. The fraction of sp³-hybridized carbons (Fsp3) is 0.692. The van der Waals surface area contributed by atoms with E-state index < -0.39 is 0 Å². The van der Waals surface area contributed by atoms with Crippen molar-refractivity contribution in [2.24, 2.45) is 0 Å². The largest absolute Gasteiger partial charge is 0.466 e. The fourth-order valence-corrected chi connectivity index (χ4v) is 1.63. The van der Waals surface area contributed by atoms with E-state index in [0.717, 1.165) is 18.4 Å². The van der Waals surface area contributed by atoms with Gasteiger partial charge >= 0.3 is 5.97 Å². The second kappa shape index (κ2) is 6.42. The molecule has 0 bridgehead atoms. The van der Waals surface area contributed by atoms with Crippen LogP contribution in [0.3, 0.4) is 0 Å². The number of rotatable bonds is 6. The molecule has 0 unspecified atom stereocenters. The number of nitrogens with zero attached hydrogens (tertiary/aromatic N) is 1. The molecule has 1 amide bonds. The first-order chi connectivity index (χ1) is 8.04. The first kappa shape index (κ1) is 13.7. The van der Waals surface area contributed by atoms with Crippen LogP contribution in [-0.4, -0.2) is 36.0 Å². The molecule has 1 saturated carbocycles. The van der Waals surface area contributed by atoms with E-state index in [9.17, 15) is 9.59 Å². The normalized spacial score (nSPS) is 14.1. The molecular weight excluding hydrogens is 218 g/mol. The van der Waals surface area contributed by atoms with Gasteiger partial charge in [-0.05, 0) is 33.6 Å². The Balaban J connectivity index is 2.46. The molecule has 0 aromatic rings. The third-order valence-electron chi connectivity index (χ3n) is 2.55. The van der Waals surface area contributed by atoms with Crippen LogP contribution in [0, 0.1) is 0 Å². The summed E-state index contributed by atoms with van der Waals surface area (Å²) in [5.41, 5.74) is 0.983. The highest BCUT2D eigenvalue weighted by Crippen LogP contribution is 2.27. The predicted octanol–water partition coefficient (Wildman–Crippen LogP) is 1.90. The zero-order chi connectivity index (χ0) is 12.8. The third-order valence-corrected chi connectivity index (χ3v) is 2.55. The van der Waals surface area contributed by atoms with E-state index >= 15 is 0 Å². The average Bonchev–Trinajstić information content (AvgIpc) is 3.01. The third kappa shape index (κ3) is 5.02. The molecule has 4 nitrogen and oxygen atoms in total. The van der Waals surface area contributed by atoms with Gasteiger partial charge in [-0.1, -0.05) is 5.57 Å². The zero-order valence-electron chi connectivity index (χ0n) is 10.9. The van der Waals surface area contributed by atoms with Crippen molar-refractivity contribution in [3.8, 4) is 0 Å². The van der Waals surface area contributed by atoms with Crippen molar-refractivity contribution in [3.05, 3.63) is 11.6 Å². The van der Waals surface area contributed by atoms with Gasteiger partial charge in [0.05, 0.1) is 13.0 Å². The molecule has 0 aromatic heterocycles. The SMILES string of the molecule is CCOC(=O)CCN(C(=O)C=C(C)C)C1CC1. The number of hydrogen-bond donors (Lipinski definition) is 0. The number of esters is 1. The predicted molar refractivity (Wildman–Crippen MR) is 65.4 cm³/mol. The van der Waals surface area contributed by atoms with Gasteiger partial charge in [-0.3, -0.25) is 9.59 Å². The molecule has 0 heterocycles. The van der Waals surface area contributed by atoms with Crippen LogP contribution in [0.15, 0.2) is 11.6 Å². The van der Waals surface area contributed by atoms with Crippen LogP contribution in [0.4, 0.5) is 0 Å². The van der Waals surface area contributed by atoms with Gasteiger partial charge in [0.15, 0.2) is 0 Å². The summed E-state index contributed by atoms with van der Waals surface area (Å²) in [6.45, 7) is 6.43. The highest BCUT2D eigenvalue weighted by Gasteiger charge is 2.31. The molecule has 0 N–H and O–H groups in total. The second-order valence-electron chi connectivity index (χ2n) is 4.54. The number of hydrogen-bond acceptors (Lipinski definition) is 3. The average molecular weight is 239 g/mol. The van der Waals surface area contributed by atoms with Crippen LogP contribution in [0.5, 0.6) is 0 Å². The van der Waals surface area contributed by atoms with Crippen LogP contribution in [0.25, 0.3) is 0 Å². The summed E-state index contributed by atoms with van der Waals surface area (Å²) in [4.78, 5) is 24.9. The summed E-state index contributed by atoms with van der Waals surface area (Å²) < 4.78 is 4.86. The second-order valence-corrected chi connectivity index (χ2v) is 4.54. The van der Waals surface area contributed by atoms with Crippen LogP contribution in [0.1, 0.15) is 40.0 Å². The van der Waals surface area contributed by atoms with Gasteiger partial charge in [-0.15, -0.1) is 0 Å². The maximum Gasteiger partial charge on any atom is 0.307 e. The van der Waals surface area contributed by atoms with Crippen molar-refractivity contribution >= 4 is 11.9 Å². The monoisotopic (exact) mass is 239 g/mol. The molecule has 4 heteroatoms. The van der Waals surface area contributed by atoms with E-state index in [1.807, 2.05) is 13.8 Å². The van der Waals surface area contributed by atoms with Crippen molar-refractivity contribution in [2.45, 2.75) is 46.1 Å². The lowest BCUT2D eigenvalue weighted by Gasteiger charge is -2.20. The standard InChI is InChI=1S/C13H21NO3/c1-4-17-13(16)7-8-14(11-5-6-11)12(15)9-10(2)3/h9,11H,4-8H2,1-3H3. The van der Waals surface area contributed by atoms with Crippen molar-refractivity contribution in [2.75, 3.05) is 13.2 Å². The van der Waals surface area contributed by atoms with Gasteiger partial charge in [0.1, 0.15) is 0 Å². The summed E-state index contributed by atoms with van der Waals surface area (Å²) in [5, 5.41) is 0. The minimum atomic E-state index is -0.233. The van der Waals surface area contributed by atoms with E-state index in [0.29, 0.717) is 19.2 Å². The minimum Gasteiger partial charge on any atom is -0.466 e. The smallest absolute Gasteiger partial charge is 0.307 e. The summed E-state index contributed by atoms with van der Waals surface area (Å²) in [6, 6.07) is 0.326. The number of amides is 1. The molecule has 1 fully saturated rings. The van der Waals surface area contributed by atoms with Gasteiger partial charge in [-0.2, -0.15) is 0 Å². The van der Waals surface area contributed by atoms with Gasteiger partial charge in [-0.25, -0.2) is 0 Å². The molecule has 0 radical (unpaired) electrons. The topological polar surface area (TPSA) is 46.6 Å². The van der Waals surface area contributed by atoms with E-state index in [2.05, 4.69) is 0 Å². The number of carbonyl (C=O) groups excluding carboxylic acids is 2. The molecule has 17 heavy (non-hydrogen) atoms. The number of carbonyl (C=O) groups is 2. The fourth-order valence-electron chi connectivity index (χ4n) is 1.63. The van der Waals surface area contributed by atoms with Crippen molar-refractivity contribution < 1.29 is 14.3 Å². The van der Waals surface area contributed by atoms with Gasteiger partial charge in [0.2, 0.25) is 5.91 Å². The van der Waals surface area contributed by atoms with E-state index in [1.165, 1.54) is 0 Å². The first-order valence-corrected chi connectivity index (χ1v) is 6.15. The Morgan fingerprint density at radius 2 is 2.00 bits per heavy atom. The Kier molecular flexibility index (Phi) is 5.19. The highest BCUT2D eigenvalue weighted by atomic mass is 16.5. The maximum absolute atomic E-state index is 11.9. The lowest BCUT2D eigenvalue weighted by atomic mass is 10.3. The Bertz CT molecular complexity index is 315. The van der Waals surface area contributed by atoms with Crippen LogP contribution in [0.2, 0.25) is 0 Å². The number of allylic oxidation sites excluding steroid dienone is 1. The highest BCUT2D eigenvalue weighted by molar-refractivity contribution is 5.89. The lowest BCUT2D eigenvalue weighted by Crippen LogP contribution is -2.34. The summed E-state index contributed by atoms with van der Waals surface area (Å²) in [6.07, 6.45) is 4.01. The Labute approximate surface area is 103 Å². The van der Waals surface area contributed by atoms with Crippen LogP contribution in [-0.2, 0) is 14.3 Å². The summed E-state index contributed by atoms with van der Waals surface area (Å²) >= 11 is 0. The molecule has 1 rings (SSSR count). The maximum atomic E-state index is 11.9. The minimum absolute atomic E-state index is 0.0109. The van der Waals surface area contributed by atoms with Crippen LogP contribution >= 0.6 is 0 Å². The van der Waals surface area contributed by atoms with Crippen molar-refractivity contribution in [3.63, 3.8) is 0 Å². The lowest BCUT2D eigenvalue weighted by molar-refractivity contribution is -0.143. The first-order valence-electron chi connectivity index (χ1n) is 6.15. The summed E-state index contributed by atoms with van der Waals surface area (Å²) in [7, 11) is 0. The molecule has 0 atom stereocenters. The zero-order valence-corrected chi connectivity index (χ0v) is 10.9. The van der Waals surface area contributed by atoms with Crippen molar-refractivity contribution in [1.29, 1.82) is 0 Å². The molecule has 1 aliphatic rings. The number of ether oxygens (including phenoxy) is 1. The molecule has 96 valence electrons. The van der Waals surface area contributed by atoms with E-state index in [1.54, 1.807) is 17.9 Å². The molecule has 0 saturated heterocycles. The van der Waals surface area contributed by atoms with E-state index in [4.69, 9.17) is 4.74 Å². The molecular formula is C13H21NO3. The Morgan fingerprint density at radius 3 is 2.47 bits per heavy atom.